The zero-order valence-electron chi connectivity index (χ0n) is 10.1. The smallest absolute Gasteiger partial charge is 0.252 e. The molecule has 7 heteroatoms. The van der Waals surface area contributed by atoms with Gasteiger partial charge in [-0.15, -0.1) is 0 Å². The van der Waals surface area contributed by atoms with Gasteiger partial charge in [0.25, 0.3) is 5.89 Å². The highest BCUT2D eigenvalue weighted by molar-refractivity contribution is 6.31. The minimum Gasteiger partial charge on any atom is -0.485 e. The highest BCUT2D eigenvalue weighted by atomic mass is 35.5. The maximum Gasteiger partial charge on any atom is 0.252 e. The standard InChI is InChI=1S/C12H10ClN3O3/c1-17-7-12-15-11(16-19-12)6-18-9-3-2-8(5-14)10(13)4-9/h2-4H,6-7H2,1H3. The van der Waals surface area contributed by atoms with Crippen LogP contribution in [0.25, 0.3) is 0 Å². The number of hydrogen-bond acceptors (Lipinski definition) is 6. The van der Waals surface area contributed by atoms with Gasteiger partial charge in [-0.05, 0) is 12.1 Å². The Morgan fingerprint density at radius 2 is 2.26 bits per heavy atom. The fourth-order valence-electron chi connectivity index (χ4n) is 1.36. The molecule has 0 amide bonds. The molecular formula is C12H10ClN3O3. The van der Waals surface area contributed by atoms with Crippen LogP contribution in [0.4, 0.5) is 0 Å². The molecule has 0 bridgehead atoms. The zero-order chi connectivity index (χ0) is 13.7. The van der Waals surface area contributed by atoms with E-state index in [1.165, 1.54) is 0 Å². The number of methoxy groups -OCH3 is 1. The molecule has 0 aliphatic rings. The number of ether oxygens (including phenoxy) is 2. The molecule has 2 rings (SSSR count). The van der Waals surface area contributed by atoms with E-state index in [-0.39, 0.29) is 13.2 Å². The van der Waals surface area contributed by atoms with Crippen molar-refractivity contribution in [2.45, 2.75) is 13.2 Å². The number of rotatable bonds is 5. The first-order valence-corrected chi connectivity index (χ1v) is 5.73. The van der Waals surface area contributed by atoms with E-state index < -0.39 is 0 Å². The number of nitriles is 1. The summed E-state index contributed by atoms with van der Waals surface area (Å²) in [6, 6.07) is 6.78. The molecule has 6 nitrogen and oxygen atoms in total. The van der Waals surface area contributed by atoms with Gasteiger partial charge < -0.3 is 14.0 Å². The van der Waals surface area contributed by atoms with Crippen LogP contribution in [0.3, 0.4) is 0 Å². The maximum absolute atomic E-state index is 8.75. The van der Waals surface area contributed by atoms with Crippen LogP contribution < -0.4 is 4.74 Å². The van der Waals surface area contributed by atoms with Crippen LogP contribution in [0.5, 0.6) is 5.75 Å². The van der Waals surface area contributed by atoms with E-state index in [4.69, 9.17) is 30.9 Å². The maximum atomic E-state index is 8.75. The molecule has 0 unspecified atom stereocenters. The van der Waals surface area contributed by atoms with Gasteiger partial charge in [0, 0.05) is 13.2 Å². The van der Waals surface area contributed by atoms with Gasteiger partial charge in [0.1, 0.15) is 18.4 Å². The molecule has 0 saturated heterocycles. The molecule has 0 aliphatic heterocycles. The molecule has 0 atom stereocenters. The SMILES string of the molecule is COCc1nc(COc2ccc(C#N)c(Cl)c2)no1. The molecule has 1 heterocycles. The van der Waals surface area contributed by atoms with Crippen LogP contribution in [0.2, 0.25) is 5.02 Å². The topological polar surface area (TPSA) is 81.2 Å². The Balaban J connectivity index is 1.98. The van der Waals surface area contributed by atoms with Gasteiger partial charge in [-0.2, -0.15) is 10.2 Å². The normalized spacial score (nSPS) is 10.2. The highest BCUT2D eigenvalue weighted by Gasteiger charge is 2.07. The molecule has 1 aromatic carbocycles. The molecular weight excluding hydrogens is 270 g/mol. The first kappa shape index (κ1) is 13.3. The molecule has 0 saturated carbocycles. The third-order valence-corrected chi connectivity index (χ3v) is 2.52. The second-order valence-corrected chi connectivity index (χ2v) is 3.99. The lowest BCUT2D eigenvalue weighted by Gasteiger charge is -2.04. The predicted octanol–water partition coefficient (Wildman–Crippen LogP) is 2.32. The first-order valence-electron chi connectivity index (χ1n) is 5.35. The van der Waals surface area contributed by atoms with Crippen molar-refractivity contribution in [3.8, 4) is 11.8 Å². The second-order valence-electron chi connectivity index (χ2n) is 3.58. The Bertz CT molecular complexity index is 607. The van der Waals surface area contributed by atoms with Gasteiger partial charge in [0.05, 0.1) is 10.6 Å². The molecule has 1 aromatic heterocycles. The number of aromatic nitrogens is 2. The quantitative estimate of drug-likeness (QED) is 0.835. The zero-order valence-corrected chi connectivity index (χ0v) is 10.8. The average Bonchev–Trinajstić information content (AvgIpc) is 2.85. The number of benzene rings is 1. The summed E-state index contributed by atoms with van der Waals surface area (Å²) in [6.45, 7) is 0.408. The van der Waals surface area contributed by atoms with E-state index >= 15 is 0 Å². The third-order valence-electron chi connectivity index (χ3n) is 2.21. The van der Waals surface area contributed by atoms with E-state index in [0.717, 1.165) is 0 Å². The lowest BCUT2D eigenvalue weighted by molar-refractivity contribution is 0.151. The Morgan fingerprint density at radius 1 is 1.42 bits per heavy atom. The van der Waals surface area contributed by atoms with Crippen molar-refractivity contribution in [3.63, 3.8) is 0 Å². The summed E-state index contributed by atoms with van der Waals surface area (Å²) in [4.78, 5) is 4.06. The summed E-state index contributed by atoms with van der Waals surface area (Å²) in [5, 5.41) is 12.8. The summed E-state index contributed by atoms with van der Waals surface area (Å²) in [7, 11) is 1.54. The molecule has 0 N–H and O–H groups in total. The van der Waals surface area contributed by atoms with Gasteiger partial charge in [-0.1, -0.05) is 16.8 Å². The average molecular weight is 280 g/mol. The third kappa shape index (κ3) is 3.44. The van der Waals surface area contributed by atoms with Crippen molar-refractivity contribution in [2.24, 2.45) is 0 Å². The van der Waals surface area contributed by atoms with Crippen molar-refractivity contribution < 1.29 is 14.0 Å². The lowest BCUT2D eigenvalue weighted by Crippen LogP contribution is -1.98. The molecule has 0 fully saturated rings. The van der Waals surface area contributed by atoms with Crippen LogP contribution in [-0.4, -0.2) is 17.3 Å². The number of hydrogen-bond donors (Lipinski definition) is 0. The van der Waals surface area contributed by atoms with Crippen molar-refractivity contribution >= 4 is 11.6 Å². The van der Waals surface area contributed by atoms with E-state index in [9.17, 15) is 0 Å². The Hall–Kier alpha value is -2.10. The Kier molecular flexibility index (Phi) is 4.34. The molecule has 0 spiro atoms. The fourth-order valence-corrected chi connectivity index (χ4v) is 1.57. The molecule has 19 heavy (non-hydrogen) atoms. The van der Waals surface area contributed by atoms with Crippen LogP contribution in [0.15, 0.2) is 22.7 Å². The van der Waals surface area contributed by atoms with Crippen LogP contribution >= 0.6 is 11.6 Å². The largest absolute Gasteiger partial charge is 0.485 e. The fraction of sp³-hybridized carbons (Fsp3) is 0.250. The van der Waals surface area contributed by atoms with Crippen molar-refractivity contribution in [1.82, 2.24) is 10.1 Å². The van der Waals surface area contributed by atoms with Crippen molar-refractivity contribution in [2.75, 3.05) is 7.11 Å². The van der Waals surface area contributed by atoms with Gasteiger partial charge in [0.15, 0.2) is 6.61 Å². The second kappa shape index (κ2) is 6.18. The summed E-state index contributed by atoms with van der Waals surface area (Å²) < 4.78 is 15.2. The van der Waals surface area contributed by atoms with E-state index in [1.54, 1.807) is 25.3 Å². The minimum atomic E-state index is 0.148. The van der Waals surface area contributed by atoms with E-state index in [0.29, 0.717) is 28.1 Å². The summed E-state index contributed by atoms with van der Waals surface area (Å²) in [5.74, 6) is 1.33. The van der Waals surface area contributed by atoms with E-state index in [1.807, 2.05) is 6.07 Å². The number of halogens is 1. The Morgan fingerprint density at radius 3 is 2.95 bits per heavy atom. The van der Waals surface area contributed by atoms with Gasteiger partial charge in [-0.3, -0.25) is 0 Å². The predicted molar refractivity (Wildman–Crippen MR) is 65.5 cm³/mol. The highest BCUT2D eigenvalue weighted by Crippen LogP contribution is 2.22. The lowest BCUT2D eigenvalue weighted by atomic mass is 10.2. The monoisotopic (exact) mass is 279 g/mol. The van der Waals surface area contributed by atoms with Gasteiger partial charge >= 0.3 is 0 Å². The Labute approximate surface area is 114 Å². The van der Waals surface area contributed by atoms with Crippen LogP contribution in [-0.2, 0) is 18.0 Å². The number of nitrogens with zero attached hydrogens (tertiary/aromatic N) is 3. The van der Waals surface area contributed by atoms with Crippen LogP contribution in [0, 0.1) is 11.3 Å². The molecule has 2 aromatic rings. The summed E-state index contributed by atoms with van der Waals surface area (Å²) >= 11 is 5.89. The van der Waals surface area contributed by atoms with Crippen molar-refractivity contribution in [3.05, 3.63) is 40.5 Å². The molecule has 0 aliphatic carbocycles. The minimum absolute atomic E-state index is 0.148. The molecule has 98 valence electrons. The summed E-state index contributed by atoms with van der Waals surface area (Å²) in [6.07, 6.45) is 0. The first-order chi connectivity index (χ1) is 9.22. The van der Waals surface area contributed by atoms with Crippen LogP contribution in [0.1, 0.15) is 17.3 Å². The van der Waals surface area contributed by atoms with Crippen molar-refractivity contribution in [1.29, 1.82) is 5.26 Å². The van der Waals surface area contributed by atoms with E-state index in [2.05, 4.69) is 10.1 Å². The molecule has 0 radical (unpaired) electrons. The summed E-state index contributed by atoms with van der Waals surface area (Å²) in [5.41, 5.74) is 0.399. The van der Waals surface area contributed by atoms with Gasteiger partial charge in [-0.25, -0.2) is 0 Å². The van der Waals surface area contributed by atoms with Gasteiger partial charge in [0.2, 0.25) is 5.82 Å².